The van der Waals surface area contributed by atoms with E-state index in [2.05, 4.69) is 19.2 Å². The number of ether oxygens (including phenoxy) is 2. The van der Waals surface area contributed by atoms with Gasteiger partial charge in [0.1, 0.15) is 10.8 Å². The molecule has 0 unspecified atom stereocenters. The van der Waals surface area contributed by atoms with Gasteiger partial charge in [-0.25, -0.2) is 4.79 Å². The molecule has 1 N–H and O–H groups in total. The molecular formula is C24H25NO4S. The molecule has 0 aliphatic heterocycles. The topological polar surface area (TPSA) is 64.6 Å². The SMILES string of the molecule is CCOC(=O)c1cc(-c2ccccc2)sc1NC(=O)COc1ccc(C(C)C)cc1. The lowest BCUT2D eigenvalue weighted by Crippen LogP contribution is -2.21. The van der Waals surface area contributed by atoms with Crippen LogP contribution in [0.3, 0.4) is 0 Å². The highest BCUT2D eigenvalue weighted by atomic mass is 32.1. The zero-order chi connectivity index (χ0) is 21.5. The maximum Gasteiger partial charge on any atom is 0.341 e. The summed E-state index contributed by atoms with van der Waals surface area (Å²) < 4.78 is 10.7. The molecular weight excluding hydrogens is 398 g/mol. The number of nitrogens with one attached hydrogen (secondary N) is 1. The van der Waals surface area contributed by atoms with Crippen LogP contribution in [0.15, 0.2) is 60.7 Å². The molecule has 0 radical (unpaired) electrons. The number of rotatable bonds is 8. The first-order valence-electron chi connectivity index (χ1n) is 9.87. The van der Waals surface area contributed by atoms with E-state index in [0.29, 0.717) is 22.2 Å². The molecule has 6 heteroatoms. The van der Waals surface area contributed by atoms with E-state index in [1.807, 2.05) is 54.6 Å². The molecule has 0 saturated heterocycles. The van der Waals surface area contributed by atoms with E-state index in [4.69, 9.17) is 9.47 Å². The van der Waals surface area contributed by atoms with Crippen molar-refractivity contribution in [3.63, 3.8) is 0 Å². The Balaban J connectivity index is 1.71. The Hall–Kier alpha value is -3.12. The van der Waals surface area contributed by atoms with Gasteiger partial charge in [0, 0.05) is 4.88 Å². The van der Waals surface area contributed by atoms with Crippen LogP contribution in [0.25, 0.3) is 10.4 Å². The fourth-order valence-corrected chi connectivity index (χ4v) is 3.92. The van der Waals surface area contributed by atoms with Crippen LogP contribution in [0.5, 0.6) is 5.75 Å². The number of thiophene rings is 1. The monoisotopic (exact) mass is 423 g/mol. The predicted octanol–water partition coefficient (Wildman–Crippen LogP) is 5.73. The number of anilines is 1. The van der Waals surface area contributed by atoms with Crippen molar-refractivity contribution in [2.75, 3.05) is 18.5 Å². The molecule has 3 aromatic rings. The lowest BCUT2D eigenvalue weighted by Gasteiger charge is -2.09. The van der Waals surface area contributed by atoms with E-state index in [0.717, 1.165) is 10.4 Å². The highest BCUT2D eigenvalue weighted by molar-refractivity contribution is 7.20. The lowest BCUT2D eigenvalue weighted by molar-refractivity contribution is -0.118. The van der Waals surface area contributed by atoms with Crippen LogP contribution in [-0.2, 0) is 9.53 Å². The Morgan fingerprint density at radius 1 is 1.03 bits per heavy atom. The van der Waals surface area contributed by atoms with E-state index < -0.39 is 5.97 Å². The van der Waals surface area contributed by atoms with Gasteiger partial charge in [-0.15, -0.1) is 11.3 Å². The van der Waals surface area contributed by atoms with E-state index in [-0.39, 0.29) is 19.1 Å². The number of benzene rings is 2. The molecule has 0 bridgehead atoms. The molecule has 0 saturated carbocycles. The average molecular weight is 424 g/mol. The first kappa shape index (κ1) is 21.6. The van der Waals surface area contributed by atoms with Gasteiger partial charge in [0.05, 0.1) is 12.2 Å². The summed E-state index contributed by atoms with van der Waals surface area (Å²) in [6.45, 7) is 6.10. The van der Waals surface area contributed by atoms with Gasteiger partial charge in [0.15, 0.2) is 6.61 Å². The van der Waals surface area contributed by atoms with Crippen LogP contribution in [0.2, 0.25) is 0 Å². The fourth-order valence-electron chi connectivity index (χ4n) is 2.85. The first-order chi connectivity index (χ1) is 14.5. The van der Waals surface area contributed by atoms with Gasteiger partial charge in [-0.3, -0.25) is 4.79 Å². The van der Waals surface area contributed by atoms with E-state index >= 15 is 0 Å². The van der Waals surface area contributed by atoms with Crippen molar-refractivity contribution in [2.45, 2.75) is 26.7 Å². The number of esters is 1. The van der Waals surface area contributed by atoms with Crippen molar-refractivity contribution >= 4 is 28.2 Å². The van der Waals surface area contributed by atoms with E-state index in [1.165, 1.54) is 16.9 Å². The second-order valence-electron chi connectivity index (χ2n) is 7.00. The van der Waals surface area contributed by atoms with Crippen LogP contribution < -0.4 is 10.1 Å². The molecule has 0 atom stereocenters. The predicted molar refractivity (Wildman–Crippen MR) is 120 cm³/mol. The maximum absolute atomic E-state index is 12.5. The van der Waals surface area contributed by atoms with Crippen molar-refractivity contribution in [3.8, 4) is 16.2 Å². The Morgan fingerprint density at radius 2 is 1.73 bits per heavy atom. The number of amides is 1. The third-order valence-corrected chi connectivity index (χ3v) is 5.55. The molecule has 2 aromatic carbocycles. The van der Waals surface area contributed by atoms with Crippen molar-refractivity contribution in [3.05, 3.63) is 71.8 Å². The zero-order valence-corrected chi connectivity index (χ0v) is 18.1. The standard InChI is InChI=1S/C24H25NO4S/c1-4-28-24(27)20-14-21(18-8-6-5-7-9-18)30-23(20)25-22(26)15-29-19-12-10-17(11-13-19)16(2)3/h5-14,16H,4,15H2,1-3H3,(H,25,26). The second kappa shape index (κ2) is 10.1. The minimum atomic E-state index is -0.462. The third kappa shape index (κ3) is 5.48. The molecule has 1 heterocycles. The van der Waals surface area contributed by atoms with Crippen LogP contribution >= 0.6 is 11.3 Å². The lowest BCUT2D eigenvalue weighted by atomic mass is 10.0. The summed E-state index contributed by atoms with van der Waals surface area (Å²) in [5.41, 5.74) is 2.52. The Morgan fingerprint density at radius 3 is 2.37 bits per heavy atom. The molecule has 0 aliphatic carbocycles. The number of hydrogen-bond acceptors (Lipinski definition) is 5. The third-order valence-electron chi connectivity index (χ3n) is 4.46. The average Bonchev–Trinajstić information content (AvgIpc) is 3.17. The minimum Gasteiger partial charge on any atom is -0.484 e. The summed E-state index contributed by atoms with van der Waals surface area (Å²) in [6, 6.07) is 19.1. The molecule has 1 aromatic heterocycles. The normalized spacial score (nSPS) is 10.7. The second-order valence-corrected chi connectivity index (χ2v) is 8.05. The Bertz CT molecular complexity index is 994. The van der Waals surface area contributed by atoms with E-state index in [1.54, 1.807) is 13.0 Å². The van der Waals surface area contributed by atoms with Gasteiger partial charge in [0.25, 0.3) is 5.91 Å². The van der Waals surface area contributed by atoms with Crippen molar-refractivity contribution in [1.29, 1.82) is 0 Å². The summed E-state index contributed by atoms with van der Waals surface area (Å²) in [6.07, 6.45) is 0. The maximum atomic E-state index is 12.5. The molecule has 30 heavy (non-hydrogen) atoms. The quantitative estimate of drug-likeness (QED) is 0.470. The highest BCUT2D eigenvalue weighted by Gasteiger charge is 2.20. The fraction of sp³-hybridized carbons (Fsp3) is 0.250. The molecule has 0 fully saturated rings. The molecule has 1 amide bonds. The summed E-state index contributed by atoms with van der Waals surface area (Å²) in [7, 11) is 0. The summed E-state index contributed by atoms with van der Waals surface area (Å²) in [5, 5.41) is 3.25. The van der Waals surface area contributed by atoms with Crippen LogP contribution in [-0.4, -0.2) is 25.1 Å². The molecule has 3 rings (SSSR count). The summed E-state index contributed by atoms with van der Waals surface area (Å²) in [5.74, 6) is 0.254. The van der Waals surface area contributed by atoms with Crippen molar-refractivity contribution in [1.82, 2.24) is 0 Å². The molecule has 0 aliphatic rings. The highest BCUT2D eigenvalue weighted by Crippen LogP contribution is 2.36. The minimum absolute atomic E-state index is 0.151. The Kier molecular flexibility index (Phi) is 7.25. The summed E-state index contributed by atoms with van der Waals surface area (Å²) in [4.78, 5) is 25.7. The van der Waals surface area contributed by atoms with E-state index in [9.17, 15) is 9.59 Å². The van der Waals surface area contributed by atoms with Gasteiger partial charge >= 0.3 is 5.97 Å². The number of carbonyl (C=O) groups excluding carboxylic acids is 2. The van der Waals surface area contributed by atoms with Gasteiger partial charge in [0.2, 0.25) is 0 Å². The number of carbonyl (C=O) groups is 2. The van der Waals surface area contributed by atoms with Gasteiger partial charge in [-0.2, -0.15) is 0 Å². The molecule has 0 spiro atoms. The smallest absolute Gasteiger partial charge is 0.341 e. The largest absolute Gasteiger partial charge is 0.484 e. The van der Waals surface area contributed by atoms with Crippen LogP contribution in [0.4, 0.5) is 5.00 Å². The van der Waals surface area contributed by atoms with Crippen LogP contribution in [0, 0.1) is 0 Å². The van der Waals surface area contributed by atoms with Crippen LogP contribution in [0.1, 0.15) is 42.6 Å². The first-order valence-corrected chi connectivity index (χ1v) is 10.7. The number of hydrogen-bond donors (Lipinski definition) is 1. The zero-order valence-electron chi connectivity index (χ0n) is 17.3. The molecule has 5 nitrogen and oxygen atoms in total. The van der Waals surface area contributed by atoms with Gasteiger partial charge in [-0.05, 0) is 42.2 Å². The summed E-state index contributed by atoms with van der Waals surface area (Å²) >= 11 is 1.33. The van der Waals surface area contributed by atoms with Crippen molar-refractivity contribution < 1.29 is 19.1 Å². The van der Waals surface area contributed by atoms with Crippen molar-refractivity contribution in [2.24, 2.45) is 0 Å². The van der Waals surface area contributed by atoms with Gasteiger partial charge in [-0.1, -0.05) is 56.3 Å². The molecule has 156 valence electrons. The van der Waals surface area contributed by atoms with Gasteiger partial charge < -0.3 is 14.8 Å². The Labute approximate surface area is 180 Å².